The van der Waals surface area contributed by atoms with Crippen molar-refractivity contribution in [3.8, 4) is 5.75 Å². The lowest BCUT2D eigenvalue weighted by atomic mass is 9.96. The number of aromatic nitrogens is 1. The molecule has 0 amide bonds. The zero-order chi connectivity index (χ0) is 20.6. The molecule has 4 rings (SSSR count). The number of likely N-dealkylation sites (tertiary alicyclic amines) is 1. The van der Waals surface area contributed by atoms with Gasteiger partial charge < -0.3 is 15.4 Å². The lowest BCUT2D eigenvalue weighted by Gasteiger charge is -2.48. The molecule has 2 N–H and O–H groups in total. The third-order valence-electron chi connectivity index (χ3n) is 4.75. The number of hydrogen-bond acceptors (Lipinski definition) is 5. The number of ether oxygens (including phenoxy) is 1. The highest BCUT2D eigenvalue weighted by atomic mass is 19.4. The van der Waals surface area contributed by atoms with Crippen molar-refractivity contribution >= 4 is 11.3 Å². The van der Waals surface area contributed by atoms with Gasteiger partial charge in [-0.1, -0.05) is 6.08 Å². The Hall–Kier alpha value is -2.91. The second-order valence-electron chi connectivity index (χ2n) is 6.89. The molecule has 1 unspecified atom stereocenters. The molecule has 2 aliphatic rings. The van der Waals surface area contributed by atoms with E-state index in [-0.39, 0.29) is 18.0 Å². The minimum absolute atomic E-state index is 0.0391. The minimum atomic E-state index is -4.75. The molecule has 152 valence electrons. The van der Waals surface area contributed by atoms with Crippen LogP contribution in [-0.4, -0.2) is 41.5 Å². The average molecular weight is 406 g/mol. The van der Waals surface area contributed by atoms with Gasteiger partial charge in [0.2, 0.25) is 0 Å². The normalized spacial score (nSPS) is 20.4. The van der Waals surface area contributed by atoms with Gasteiger partial charge in [0.25, 0.3) is 0 Å². The monoisotopic (exact) mass is 406 g/mol. The van der Waals surface area contributed by atoms with E-state index in [4.69, 9.17) is 5.73 Å². The Morgan fingerprint density at radius 1 is 1.10 bits per heavy atom. The van der Waals surface area contributed by atoms with E-state index in [9.17, 15) is 17.6 Å². The highest BCUT2D eigenvalue weighted by Crippen LogP contribution is 2.35. The topological polar surface area (TPSA) is 54.6 Å². The number of nitrogens with zero attached hydrogens (tertiary/aromatic N) is 3. The molecule has 0 bridgehead atoms. The molecule has 2 aromatic rings. The van der Waals surface area contributed by atoms with E-state index in [2.05, 4.69) is 14.6 Å². The molecule has 3 heterocycles. The van der Waals surface area contributed by atoms with Crippen LogP contribution < -0.4 is 15.4 Å². The van der Waals surface area contributed by atoms with Gasteiger partial charge in [0.1, 0.15) is 17.7 Å². The number of anilines is 1. The highest BCUT2D eigenvalue weighted by Gasteiger charge is 2.37. The van der Waals surface area contributed by atoms with E-state index in [1.54, 1.807) is 24.4 Å². The molecule has 29 heavy (non-hydrogen) atoms. The number of allylic oxidation sites excluding steroid dienone is 2. The smallest absolute Gasteiger partial charge is 0.406 e. The summed E-state index contributed by atoms with van der Waals surface area (Å²) in [5, 5.41) is 0. The van der Waals surface area contributed by atoms with E-state index >= 15 is 0 Å². The van der Waals surface area contributed by atoms with E-state index in [0.717, 1.165) is 11.8 Å². The van der Waals surface area contributed by atoms with Gasteiger partial charge in [-0.2, -0.15) is 0 Å². The molecule has 0 spiro atoms. The average Bonchev–Trinajstić information content (AvgIpc) is 2.64. The van der Waals surface area contributed by atoms with Crippen LogP contribution in [0.25, 0.3) is 5.57 Å². The van der Waals surface area contributed by atoms with E-state index in [1.807, 2.05) is 17.2 Å². The van der Waals surface area contributed by atoms with E-state index in [1.165, 1.54) is 18.2 Å². The summed E-state index contributed by atoms with van der Waals surface area (Å²) in [6.07, 6.45) is 3.18. The Labute approximate surface area is 164 Å². The van der Waals surface area contributed by atoms with Crippen molar-refractivity contribution in [2.75, 3.05) is 18.0 Å². The number of alkyl halides is 3. The maximum Gasteiger partial charge on any atom is 0.573 e. The first kappa shape index (κ1) is 19.4. The predicted molar refractivity (Wildman–Crippen MR) is 100 cm³/mol. The third kappa shape index (κ3) is 4.25. The lowest BCUT2D eigenvalue weighted by Crippen LogP contribution is -2.63. The molecular weight excluding hydrogens is 388 g/mol. The third-order valence-corrected chi connectivity index (χ3v) is 4.75. The maximum absolute atomic E-state index is 13.7. The van der Waals surface area contributed by atoms with Crippen LogP contribution in [0.5, 0.6) is 5.75 Å². The summed E-state index contributed by atoms with van der Waals surface area (Å²) in [5.41, 5.74) is 8.06. The summed E-state index contributed by atoms with van der Waals surface area (Å²) in [4.78, 5) is 7.95. The summed E-state index contributed by atoms with van der Waals surface area (Å²) < 4.78 is 55.0. The number of nitrogens with two attached hydrogens (primary N) is 1. The number of halogens is 4. The molecule has 0 saturated carbocycles. The summed E-state index contributed by atoms with van der Waals surface area (Å²) in [6.45, 7) is 1.29. The van der Waals surface area contributed by atoms with Gasteiger partial charge in [0.15, 0.2) is 0 Å². The maximum atomic E-state index is 13.7. The first-order valence-electron chi connectivity index (χ1n) is 8.93. The molecule has 1 aromatic carbocycles. The molecule has 1 aromatic heterocycles. The van der Waals surface area contributed by atoms with Crippen LogP contribution in [0.1, 0.15) is 5.56 Å². The zero-order valence-electron chi connectivity index (χ0n) is 15.2. The fourth-order valence-electron chi connectivity index (χ4n) is 3.54. The standard InChI is InChI=1S/C20H18F4N4O/c21-14-8-13(9-26-10-14)18-2-1-7-28(19(18)27-11-15(25)12-27)16-3-5-17(6-4-16)29-20(22,23)24/h1-10,15,19H,11-12,25H2. The van der Waals surface area contributed by atoms with Gasteiger partial charge in [-0.05, 0) is 42.0 Å². The van der Waals surface area contributed by atoms with Gasteiger partial charge in [0.05, 0.1) is 6.20 Å². The molecule has 0 radical (unpaired) electrons. The fourth-order valence-corrected chi connectivity index (χ4v) is 3.54. The summed E-state index contributed by atoms with van der Waals surface area (Å²) in [7, 11) is 0. The Bertz CT molecular complexity index is 936. The molecule has 5 nitrogen and oxygen atoms in total. The Balaban J connectivity index is 1.65. The van der Waals surface area contributed by atoms with Crippen LogP contribution >= 0.6 is 0 Å². The van der Waals surface area contributed by atoms with Crippen LogP contribution in [0.15, 0.2) is 61.1 Å². The largest absolute Gasteiger partial charge is 0.573 e. The van der Waals surface area contributed by atoms with Crippen molar-refractivity contribution in [3.63, 3.8) is 0 Å². The second kappa shape index (κ2) is 7.49. The summed E-state index contributed by atoms with van der Waals surface area (Å²) >= 11 is 0. The number of hydrogen-bond donors (Lipinski definition) is 1. The zero-order valence-corrected chi connectivity index (χ0v) is 15.2. The van der Waals surface area contributed by atoms with Crippen molar-refractivity contribution < 1.29 is 22.3 Å². The Morgan fingerprint density at radius 2 is 1.83 bits per heavy atom. The Kier molecular flexibility index (Phi) is 5.01. The van der Waals surface area contributed by atoms with Crippen molar-refractivity contribution in [1.82, 2.24) is 9.88 Å². The molecule has 1 atom stereocenters. The quantitative estimate of drug-likeness (QED) is 0.788. The SMILES string of the molecule is NC1CN(C2C(c3cncc(F)c3)=CC=CN2c2ccc(OC(F)(F)F)cc2)C1. The number of benzene rings is 1. The second-order valence-corrected chi connectivity index (χ2v) is 6.89. The first-order chi connectivity index (χ1) is 13.8. The lowest BCUT2D eigenvalue weighted by molar-refractivity contribution is -0.274. The van der Waals surface area contributed by atoms with Crippen LogP contribution in [-0.2, 0) is 0 Å². The van der Waals surface area contributed by atoms with E-state index < -0.39 is 12.2 Å². The molecule has 0 aliphatic carbocycles. The van der Waals surface area contributed by atoms with Crippen LogP contribution in [0.4, 0.5) is 23.2 Å². The predicted octanol–water partition coefficient (Wildman–Crippen LogP) is 3.51. The number of pyridine rings is 1. The molecule has 1 saturated heterocycles. The van der Waals surface area contributed by atoms with Gasteiger partial charge >= 0.3 is 6.36 Å². The van der Waals surface area contributed by atoms with Crippen LogP contribution in [0.3, 0.4) is 0 Å². The summed E-state index contributed by atoms with van der Waals surface area (Å²) in [6, 6.07) is 7.06. The van der Waals surface area contributed by atoms with Crippen LogP contribution in [0, 0.1) is 5.82 Å². The molecule has 2 aliphatic heterocycles. The van der Waals surface area contributed by atoms with Crippen molar-refractivity contribution in [2.45, 2.75) is 18.6 Å². The van der Waals surface area contributed by atoms with Gasteiger partial charge in [-0.3, -0.25) is 9.88 Å². The highest BCUT2D eigenvalue weighted by molar-refractivity contribution is 5.77. The molecule has 9 heteroatoms. The minimum Gasteiger partial charge on any atom is -0.406 e. The van der Waals surface area contributed by atoms with E-state index in [0.29, 0.717) is 24.3 Å². The summed E-state index contributed by atoms with van der Waals surface area (Å²) in [5.74, 6) is -0.743. The van der Waals surface area contributed by atoms with Crippen molar-refractivity contribution in [2.24, 2.45) is 5.73 Å². The van der Waals surface area contributed by atoms with Gasteiger partial charge in [-0.25, -0.2) is 4.39 Å². The van der Waals surface area contributed by atoms with Gasteiger partial charge in [-0.15, -0.1) is 13.2 Å². The first-order valence-corrected chi connectivity index (χ1v) is 8.93. The van der Waals surface area contributed by atoms with Gasteiger partial charge in [0, 0.05) is 42.8 Å². The van der Waals surface area contributed by atoms with Crippen molar-refractivity contribution in [3.05, 3.63) is 72.5 Å². The molecular formula is C20H18F4N4O. The number of rotatable bonds is 4. The van der Waals surface area contributed by atoms with Crippen molar-refractivity contribution in [1.29, 1.82) is 0 Å². The Morgan fingerprint density at radius 3 is 2.45 bits per heavy atom. The molecule has 1 fully saturated rings. The van der Waals surface area contributed by atoms with Crippen LogP contribution in [0.2, 0.25) is 0 Å². The fraction of sp³-hybridized carbons (Fsp3) is 0.250.